The predicted molar refractivity (Wildman–Crippen MR) is 108 cm³/mol. The van der Waals surface area contributed by atoms with E-state index in [0.29, 0.717) is 31.6 Å². The van der Waals surface area contributed by atoms with Gasteiger partial charge in [-0.3, -0.25) is 9.59 Å². The molecule has 1 saturated heterocycles. The Balaban J connectivity index is 1.30. The topological polar surface area (TPSA) is 74.4 Å². The first-order valence-corrected chi connectivity index (χ1v) is 9.49. The van der Waals surface area contributed by atoms with E-state index in [4.69, 9.17) is 4.74 Å². The molecule has 2 amide bonds. The first-order valence-electron chi connectivity index (χ1n) is 9.49. The number of aromatic nitrogens is 1. The summed E-state index contributed by atoms with van der Waals surface area (Å²) < 4.78 is 5.99. The number of amides is 2. The average molecular weight is 377 g/mol. The van der Waals surface area contributed by atoms with Crippen molar-refractivity contribution in [2.24, 2.45) is 0 Å². The molecule has 6 heteroatoms. The fraction of sp³-hybridized carbons (Fsp3) is 0.273. The molecule has 0 unspecified atom stereocenters. The van der Waals surface area contributed by atoms with Gasteiger partial charge in [-0.1, -0.05) is 17.7 Å². The smallest absolute Gasteiger partial charge is 0.313 e. The molecule has 0 bridgehead atoms. The number of nitrogens with zero attached hydrogens (tertiary/aromatic N) is 1. The third-order valence-corrected chi connectivity index (χ3v) is 5.06. The number of hydrogen-bond donors (Lipinski definition) is 2. The minimum atomic E-state index is -0.604. The summed E-state index contributed by atoms with van der Waals surface area (Å²) in [5, 5.41) is 3.69. The average Bonchev–Trinajstić information content (AvgIpc) is 3.17. The zero-order chi connectivity index (χ0) is 19.5. The molecule has 1 aromatic heterocycles. The van der Waals surface area contributed by atoms with Gasteiger partial charge in [-0.25, -0.2) is 0 Å². The molecule has 0 atom stereocenters. The zero-order valence-corrected chi connectivity index (χ0v) is 15.8. The van der Waals surface area contributed by atoms with Gasteiger partial charge in [-0.2, -0.15) is 0 Å². The van der Waals surface area contributed by atoms with Crippen LogP contribution >= 0.6 is 0 Å². The van der Waals surface area contributed by atoms with Crippen LogP contribution in [0.2, 0.25) is 0 Å². The summed E-state index contributed by atoms with van der Waals surface area (Å²) in [6, 6.07) is 15.4. The number of H-pyrrole nitrogens is 1. The second kappa shape index (κ2) is 7.76. The number of likely N-dealkylation sites (tertiary alicyclic amines) is 1. The number of piperidine rings is 1. The number of rotatable bonds is 3. The summed E-state index contributed by atoms with van der Waals surface area (Å²) >= 11 is 0. The number of aromatic amines is 1. The van der Waals surface area contributed by atoms with E-state index in [1.54, 1.807) is 11.0 Å². The highest BCUT2D eigenvalue weighted by Gasteiger charge is 2.28. The van der Waals surface area contributed by atoms with Crippen molar-refractivity contribution in [1.82, 2.24) is 9.88 Å². The lowest BCUT2D eigenvalue weighted by Crippen LogP contribution is -2.46. The van der Waals surface area contributed by atoms with Crippen LogP contribution in [-0.2, 0) is 9.59 Å². The van der Waals surface area contributed by atoms with Crippen LogP contribution in [0.3, 0.4) is 0 Å². The van der Waals surface area contributed by atoms with Crippen LogP contribution in [0.1, 0.15) is 18.4 Å². The van der Waals surface area contributed by atoms with Gasteiger partial charge in [-0.15, -0.1) is 0 Å². The van der Waals surface area contributed by atoms with Gasteiger partial charge in [0.1, 0.15) is 11.9 Å². The molecular formula is C22H23N3O3. The van der Waals surface area contributed by atoms with Gasteiger partial charge in [-0.05, 0) is 43.3 Å². The van der Waals surface area contributed by atoms with E-state index in [2.05, 4.69) is 10.3 Å². The number of fused-ring (bicyclic) bond motifs is 1. The highest BCUT2D eigenvalue weighted by molar-refractivity contribution is 6.39. The number of nitrogens with one attached hydrogen (secondary N) is 2. The summed E-state index contributed by atoms with van der Waals surface area (Å²) in [7, 11) is 0. The number of anilines is 1. The molecule has 2 aromatic carbocycles. The first kappa shape index (κ1) is 18.1. The molecule has 2 heterocycles. The maximum absolute atomic E-state index is 12.5. The summed E-state index contributed by atoms with van der Waals surface area (Å²) in [5.41, 5.74) is 2.79. The quantitative estimate of drug-likeness (QED) is 0.686. The highest BCUT2D eigenvalue weighted by atomic mass is 16.5. The number of hydrogen-bond acceptors (Lipinski definition) is 3. The predicted octanol–water partition coefficient (Wildman–Crippen LogP) is 3.48. The Morgan fingerprint density at radius 2 is 1.82 bits per heavy atom. The Morgan fingerprint density at radius 3 is 2.57 bits per heavy atom. The summed E-state index contributed by atoms with van der Waals surface area (Å²) in [4.78, 5) is 29.5. The van der Waals surface area contributed by atoms with Crippen molar-refractivity contribution >= 4 is 28.4 Å². The van der Waals surface area contributed by atoms with Crippen LogP contribution in [0, 0.1) is 6.92 Å². The molecule has 0 saturated carbocycles. The minimum absolute atomic E-state index is 0.0609. The maximum atomic E-state index is 12.5. The van der Waals surface area contributed by atoms with Gasteiger partial charge in [0, 0.05) is 48.7 Å². The Hall–Kier alpha value is -3.28. The van der Waals surface area contributed by atoms with Crippen molar-refractivity contribution in [2.75, 3.05) is 18.4 Å². The normalized spacial score (nSPS) is 14.8. The molecule has 144 valence electrons. The molecule has 3 aromatic rings. The Morgan fingerprint density at radius 1 is 1.07 bits per heavy atom. The molecule has 2 N–H and O–H groups in total. The fourth-order valence-corrected chi connectivity index (χ4v) is 3.45. The molecule has 0 radical (unpaired) electrons. The van der Waals surface area contributed by atoms with E-state index in [-0.39, 0.29) is 6.10 Å². The van der Waals surface area contributed by atoms with Gasteiger partial charge < -0.3 is 19.9 Å². The van der Waals surface area contributed by atoms with Crippen LogP contribution < -0.4 is 10.1 Å². The van der Waals surface area contributed by atoms with Gasteiger partial charge in [0.15, 0.2) is 0 Å². The van der Waals surface area contributed by atoms with E-state index in [9.17, 15) is 9.59 Å². The number of ether oxygens (including phenoxy) is 1. The van der Waals surface area contributed by atoms with E-state index in [1.165, 1.54) is 5.56 Å². The molecule has 0 spiro atoms. The Kier molecular flexibility index (Phi) is 5.02. The lowest BCUT2D eigenvalue weighted by Gasteiger charge is -2.31. The van der Waals surface area contributed by atoms with Crippen molar-refractivity contribution < 1.29 is 14.3 Å². The molecule has 1 fully saturated rings. The number of aryl methyl sites for hydroxylation is 1. The van der Waals surface area contributed by atoms with E-state index < -0.39 is 11.8 Å². The zero-order valence-electron chi connectivity index (χ0n) is 15.8. The molecule has 28 heavy (non-hydrogen) atoms. The minimum Gasteiger partial charge on any atom is -0.490 e. The second-order valence-corrected chi connectivity index (χ2v) is 7.16. The third-order valence-electron chi connectivity index (χ3n) is 5.06. The summed E-state index contributed by atoms with van der Waals surface area (Å²) in [5.74, 6) is -0.260. The Labute approximate surface area is 163 Å². The molecule has 6 nitrogen and oxygen atoms in total. The number of carbonyl (C=O) groups excluding carboxylic acids is 2. The fourth-order valence-electron chi connectivity index (χ4n) is 3.45. The monoisotopic (exact) mass is 377 g/mol. The van der Waals surface area contributed by atoms with Gasteiger partial charge >= 0.3 is 11.8 Å². The second-order valence-electron chi connectivity index (χ2n) is 7.16. The van der Waals surface area contributed by atoms with Crippen LogP contribution in [0.25, 0.3) is 10.9 Å². The number of carbonyl (C=O) groups is 2. The van der Waals surface area contributed by atoms with Gasteiger partial charge in [0.05, 0.1) is 0 Å². The molecular weight excluding hydrogens is 354 g/mol. The highest BCUT2D eigenvalue weighted by Crippen LogP contribution is 2.21. The van der Waals surface area contributed by atoms with Crippen molar-refractivity contribution in [3.63, 3.8) is 0 Å². The van der Waals surface area contributed by atoms with E-state index in [1.807, 2.05) is 55.6 Å². The maximum Gasteiger partial charge on any atom is 0.313 e. The Bertz CT molecular complexity index is 986. The standard InChI is InChI=1S/C22H23N3O3/c1-15-2-5-18(6-3-15)28-19-9-12-25(13-10-19)22(27)21(26)24-17-4-7-20-16(14-17)8-11-23-20/h2-8,11,14,19,23H,9-10,12-13H2,1H3,(H,24,26). The molecule has 0 aliphatic carbocycles. The van der Waals surface area contributed by atoms with E-state index >= 15 is 0 Å². The largest absolute Gasteiger partial charge is 0.490 e. The third kappa shape index (κ3) is 4.01. The molecule has 1 aliphatic rings. The lowest BCUT2D eigenvalue weighted by atomic mass is 10.1. The number of benzene rings is 2. The summed E-state index contributed by atoms with van der Waals surface area (Å²) in [6.45, 7) is 3.06. The van der Waals surface area contributed by atoms with Crippen molar-refractivity contribution in [1.29, 1.82) is 0 Å². The molecule has 1 aliphatic heterocycles. The van der Waals surface area contributed by atoms with Crippen LogP contribution in [-0.4, -0.2) is 40.9 Å². The van der Waals surface area contributed by atoms with Crippen molar-refractivity contribution in [3.8, 4) is 5.75 Å². The SMILES string of the molecule is Cc1ccc(OC2CCN(C(=O)C(=O)Nc3ccc4[nH]ccc4c3)CC2)cc1. The summed E-state index contributed by atoms with van der Waals surface area (Å²) in [6.07, 6.45) is 3.32. The first-order chi connectivity index (χ1) is 13.6. The van der Waals surface area contributed by atoms with Gasteiger partial charge in [0.25, 0.3) is 0 Å². The van der Waals surface area contributed by atoms with Crippen molar-refractivity contribution in [3.05, 3.63) is 60.3 Å². The van der Waals surface area contributed by atoms with Gasteiger partial charge in [0.2, 0.25) is 0 Å². The lowest BCUT2D eigenvalue weighted by molar-refractivity contribution is -0.144. The van der Waals surface area contributed by atoms with Crippen LogP contribution in [0.15, 0.2) is 54.7 Å². The molecule has 4 rings (SSSR count). The van der Waals surface area contributed by atoms with E-state index in [0.717, 1.165) is 16.7 Å². The van der Waals surface area contributed by atoms with Crippen LogP contribution in [0.5, 0.6) is 5.75 Å². The van der Waals surface area contributed by atoms with Crippen LogP contribution in [0.4, 0.5) is 5.69 Å². The van der Waals surface area contributed by atoms with Crippen molar-refractivity contribution in [2.45, 2.75) is 25.9 Å².